The van der Waals surface area contributed by atoms with E-state index < -0.39 is 15.8 Å². The van der Waals surface area contributed by atoms with Gasteiger partial charge in [-0.3, -0.25) is 4.79 Å². The van der Waals surface area contributed by atoms with E-state index in [1.807, 2.05) is 0 Å². The van der Waals surface area contributed by atoms with Crippen molar-refractivity contribution in [2.24, 2.45) is 5.92 Å². The molecule has 0 bridgehead atoms. The predicted octanol–water partition coefficient (Wildman–Crippen LogP) is 1.64. The lowest BCUT2D eigenvalue weighted by Crippen LogP contribution is -2.32. The highest BCUT2D eigenvalue weighted by Crippen LogP contribution is 2.15. The topological polar surface area (TPSA) is 63.2 Å². The number of benzene rings is 1. The maximum absolute atomic E-state index is 12.9. The number of hydrogen-bond donors (Lipinski definition) is 1. The molecule has 0 fully saturated rings. The first kappa shape index (κ1) is 14.8. The third kappa shape index (κ3) is 3.61. The van der Waals surface area contributed by atoms with Crippen LogP contribution in [0.4, 0.5) is 4.39 Å². The number of hydrogen-bond acceptors (Lipinski definition) is 3. The molecule has 0 atom stereocenters. The summed E-state index contributed by atoms with van der Waals surface area (Å²) in [7, 11) is -3.77. The molecule has 0 saturated heterocycles. The lowest BCUT2D eigenvalue weighted by atomic mass is 10.1. The van der Waals surface area contributed by atoms with Gasteiger partial charge in [0.15, 0.2) is 0 Å². The molecular formula is C12H16FNO3S. The second-order valence-corrected chi connectivity index (χ2v) is 6.09. The molecule has 0 unspecified atom stereocenters. The molecule has 0 saturated carbocycles. The van der Waals surface area contributed by atoms with Crippen molar-refractivity contribution >= 4 is 15.8 Å². The molecule has 0 radical (unpaired) electrons. The van der Waals surface area contributed by atoms with Crippen molar-refractivity contribution in [2.75, 3.05) is 6.54 Å². The average Bonchev–Trinajstić information content (AvgIpc) is 2.25. The third-order valence-corrected chi connectivity index (χ3v) is 4.07. The van der Waals surface area contributed by atoms with Crippen LogP contribution in [0.25, 0.3) is 0 Å². The first-order chi connectivity index (χ1) is 8.24. The molecule has 6 heteroatoms. The molecule has 1 aromatic carbocycles. The Morgan fingerprint density at radius 3 is 2.50 bits per heavy atom. The van der Waals surface area contributed by atoms with Gasteiger partial charge in [0, 0.05) is 5.92 Å². The van der Waals surface area contributed by atoms with Crippen molar-refractivity contribution in [3.63, 3.8) is 0 Å². The van der Waals surface area contributed by atoms with Crippen molar-refractivity contribution in [3.05, 3.63) is 29.6 Å². The fourth-order valence-corrected chi connectivity index (χ4v) is 2.58. The first-order valence-electron chi connectivity index (χ1n) is 5.52. The van der Waals surface area contributed by atoms with E-state index in [0.717, 1.165) is 12.1 Å². The van der Waals surface area contributed by atoms with Crippen LogP contribution in [0.1, 0.15) is 19.4 Å². The number of ketones is 1. The Morgan fingerprint density at radius 2 is 2.00 bits per heavy atom. The summed E-state index contributed by atoms with van der Waals surface area (Å²) >= 11 is 0. The van der Waals surface area contributed by atoms with Crippen molar-refractivity contribution in [3.8, 4) is 0 Å². The van der Waals surface area contributed by atoms with E-state index in [1.54, 1.807) is 13.8 Å². The van der Waals surface area contributed by atoms with Crippen LogP contribution in [0.15, 0.2) is 23.1 Å². The summed E-state index contributed by atoms with van der Waals surface area (Å²) in [5.41, 5.74) is 0.305. The molecule has 1 N–H and O–H groups in total. The molecule has 0 spiro atoms. The fraction of sp³-hybridized carbons (Fsp3) is 0.417. The van der Waals surface area contributed by atoms with Crippen molar-refractivity contribution in [2.45, 2.75) is 25.7 Å². The van der Waals surface area contributed by atoms with E-state index in [2.05, 4.69) is 4.72 Å². The first-order valence-corrected chi connectivity index (χ1v) is 7.01. The summed E-state index contributed by atoms with van der Waals surface area (Å²) in [4.78, 5) is 11.4. The van der Waals surface area contributed by atoms with Crippen LogP contribution in [0.5, 0.6) is 0 Å². The van der Waals surface area contributed by atoms with E-state index in [0.29, 0.717) is 5.56 Å². The summed E-state index contributed by atoms with van der Waals surface area (Å²) in [5, 5.41) is 0. The van der Waals surface area contributed by atoms with Gasteiger partial charge in [0.05, 0.1) is 11.4 Å². The van der Waals surface area contributed by atoms with Crippen LogP contribution in [0.2, 0.25) is 0 Å². The summed E-state index contributed by atoms with van der Waals surface area (Å²) < 4.78 is 38.9. The van der Waals surface area contributed by atoms with Gasteiger partial charge in [0.2, 0.25) is 10.0 Å². The molecule has 4 nitrogen and oxygen atoms in total. The fourth-order valence-electron chi connectivity index (χ4n) is 1.36. The summed E-state index contributed by atoms with van der Waals surface area (Å²) in [6.45, 7) is 4.64. The average molecular weight is 273 g/mol. The second-order valence-electron chi connectivity index (χ2n) is 4.36. The monoisotopic (exact) mass is 273 g/mol. The zero-order valence-corrected chi connectivity index (χ0v) is 11.3. The van der Waals surface area contributed by atoms with Crippen LogP contribution in [-0.4, -0.2) is 20.7 Å². The van der Waals surface area contributed by atoms with Crippen LogP contribution in [-0.2, 0) is 14.8 Å². The Hall–Kier alpha value is -1.27. The highest BCUT2D eigenvalue weighted by Gasteiger charge is 2.18. The van der Waals surface area contributed by atoms with Gasteiger partial charge in [-0.2, -0.15) is 0 Å². The molecular weight excluding hydrogens is 257 g/mol. The van der Waals surface area contributed by atoms with E-state index in [4.69, 9.17) is 0 Å². The maximum atomic E-state index is 12.9. The van der Waals surface area contributed by atoms with Gasteiger partial charge in [-0.1, -0.05) is 13.8 Å². The lowest BCUT2D eigenvalue weighted by Gasteiger charge is -2.09. The number of sulfonamides is 1. The van der Waals surface area contributed by atoms with E-state index >= 15 is 0 Å². The zero-order chi connectivity index (χ0) is 13.9. The number of carbonyl (C=O) groups is 1. The largest absolute Gasteiger partial charge is 0.298 e. The minimum absolute atomic E-state index is 0.0135. The SMILES string of the molecule is Cc1cc(F)ccc1S(=O)(=O)NCC(=O)C(C)C. The highest BCUT2D eigenvalue weighted by atomic mass is 32.2. The Bertz CT molecular complexity index is 552. The van der Waals surface area contributed by atoms with Crippen LogP contribution in [0, 0.1) is 18.7 Å². The van der Waals surface area contributed by atoms with Gasteiger partial charge >= 0.3 is 0 Å². The molecule has 0 aliphatic heterocycles. The van der Waals surface area contributed by atoms with E-state index in [-0.39, 0.29) is 23.1 Å². The minimum atomic E-state index is -3.77. The van der Waals surface area contributed by atoms with E-state index in [1.165, 1.54) is 13.0 Å². The molecule has 18 heavy (non-hydrogen) atoms. The van der Waals surface area contributed by atoms with Gasteiger partial charge in [0.1, 0.15) is 11.6 Å². The summed E-state index contributed by atoms with van der Waals surface area (Å²) in [6, 6.07) is 3.40. The van der Waals surface area contributed by atoms with Gasteiger partial charge in [0.25, 0.3) is 0 Å². The smallest absolute Gasteiger partial charge is 0.241 e. The number of halogens is 1. The Morgan fingerprint density at radius 1 is 1.39 bits per heavy atom. The normalized spacial score (nSPS) is 11.8. The second kappa shape index (κ2) is 5.58. The van der Waals surface area contributed by atoms with E-state index in [9.17, 15) is 17.6 Å². The Labute approximate surface area is 106 Å². The summed E-state index contributed by atoms with van der Waals surface area (Å²) in [6.07, 6.45) is 0. The molecule has 0 amide bonds. The molecule has 1 rings (SSSR count). The molecule has 1 aromatic rings. The highest BCUT2D eigenvalue weighted by molar-refractivity contribution is 7.89. The van der Waals surface area contributed by atoms with Crippen molar-refractivity contribution in [1.82, 2.24) is 4.72 Å². The lowest BCUT2D eigenvalue weighted by molar-refractivity contribution is -0.120. The minimum Gasteiger partial charge on any atom is -0.298 e. The number of rotatable bonds is 5. The van der Waals surface area contributed by atoms with Gasteiger partial charge in [-0.15, -0.1) is 0 Å². The molecule has 100 valence electrons. The molecule has 0 aliphatic carbocycles. The predicted molar refractivity (Wildman–Crippen MR) is 66.2 cm³/mol. The van der Waals surface area contributed by atoms with Crippen molar-refractivity contribution in [1.29, 1.82) is 0 Å². The number of carbonyl (C=O) groups excluding carboxylic acids is 1. The molecule has 0 heterocycles. The standard InChI is InChI=1S/C12H16FNO3S/c1-8(2)11(15)7-14-18(16,17)12-5-4-10(13)6-9(12)3/h4-6,8,14H,7H2,1-3H3. The van der Waals surface area contributed by atoms with Gasteiger partial charge in [-0.05, 0) is 30.7 Å². The van der Waals surface area contributed by atoms with Crippen LogP contribution >= 0.6 is 0 Å². The quantitative estimate of drug-likeness (QED) is 0.887. The van der Waals surface area contributed by atoms with Crippen LogP contribution in [0.3, 0.4) is 0 Å². The van der Waals surface area contributed by atoms with Crippen molar-refractivity contribution < 1.29 is 17.6 Å². The third-order valence-electron chi connectivity index (χ3n) is 2.51. The maximum Gasteiger partial charge on any atom is 0.241 e. The number of Topliss-reactive ketones (excluding diaryl/α,β-unsaturated/α-hetero) is 1. The zero-order valence-electron chi connectivity index (χ0n) is 10.5. The summed E-state index contributed by atoms with van der Waals surface area (Å²) in [5.74, 6) is -0.926. The van der Waals surface area contributed by atoms with Crippen LogP contribution < -0.4 is 4.72 Å². The van der Waals surface area contributed by atoms with Gasteiger partial charge in [-0.25, -0.2) is 17.5 Å². The molecule has 0 aromatic heterocycles. The number of nitrogens with one attached hydrogen (secondary N) is 1. The number of aryl methyl sites for hydroxylation is 1. The van der Waals surface area contributed by atoms with Gasteiger partial charge < -0.3 is 0 Å². The Kier molecular flexibility index (Phi) is 4.59. The Balaban J connectivity index is 2.90. The molecule has 0 aliphatic rings.